The van der Waals surface area contributed by atoms with Crippen LogP contribution in [0.4, 0.5) is 0 Å². The van der Waals surface area contributed by atoms with Gasteiger partial charge in [0.2, 0.25) is 0 Å². The zero-order chi connectivity index (χ0) is 12.3. The molecule has 2 aliphatic carbocycles. The third kappa shape index (κ3) is 2.52. The van der Waals surface area contributed by atoms with Gasteiger partial charge in [0.25, 0.3) is 0 Å². The molecule has 3 unspecified atom stereocenters. The smallest absolute Gasteiger partial charge is 0.119 e. The molecule has 0 heterocycles. The summed E-state index contributed by atoms with van der Waals surface area (Å²) in [6.07, 6.45) is 10.9. The number of halogens is 1. The zero-order valence-corrected chi connectivity index (χ0v) is 12.3. The summed E-state index contributed by atoms with van der Waals surface area (Å²) in [4.78, 5) is 12.6. The summed E-state index contributed by atoms with van der Waals surface area (Å²) in [5, 5.41) is 0. The van der Waals surface area contributed by atoms with Gasteiger partial charge in [-0.1, -0.05) is 28.4 Å². The lowest BCUT2D eigenvalue weighted by Crippen LogP contribution is -2.33. The maximum Gasteiger partial charge on any atom is 0.119 e. The number of carbonyl (C=O) groups is 1. The predicted octanol–water partition coefficient (Wildman–Crippen LogP) is 4.85. The third-order valence-corrected chi connectivity index (χ3v) is 5.76. The molecule has 2 rings (SSSR count). The van der Waals surface area contributed by atoms with Gasteiger partial charge in [-0.3, -0.25) is 0 Å². The molecule has 0 aromatic rings. The fourth-order valence-corrected chi connectivity index (χ4v) is 4.75. The second kappa shape index (κ2) is 5.69. The first-order chi connectivity index (χ1) is 8.22. The Morgan fingerprint density at radius 2 is 2.29 bits per heavy atom. The molecule has 0 radical (unpaired) electrons. The monoisotopic (exact) mass is 298 g/mol. The maximum atomic E-state index is 10.4. The van der Waals surface area contributed by atoms with Crippen molar-refractivity contribution >= 4 is 22.2 Å². The highest BCUT2D eigenvalue weighted by atomic mass is 79.9. The quantitative estimate of drug-likeness (QED) is 0.535. The number of aldehydes is 1. The molecule has 0 spiro atoms. The van der Waals surface area contributed by atoms with Gasteiger partial charge in [0.1, 0.15) is 6.29 Å². The standard InChI is InChI=1S/C15H23BrO/c1-15-9-4-5-12(11-16)14(15)8-7-13(15)6-2-3-10-17/h10-11,13-14H,2-9H2,1H3/b12-11+. The minimum absolute atomic E-state index is 0.515. The average Bonchev–Trinajstić information content (AvgIpc) is 2.66. The molecule has 0 amide bonds. The normalized spacial score (nSPS) is 39.3. The van der Waals surface area contributed by atoms with Gasteiger partial charge >= 0.3 is 0 Å². The van der Waals surface area contributed by atoms with Crippen molar-refractivity contribution in [3.8, 4) is 0 Å². The van der Waals surface area contributed by atoms with Crippen LogP contribution < -0.4 is 0 Å². The Labute approximate surface area is 113 Å². The summed E-state index contributed by atoms with van der Waals surface area (Å²) >= 11 is 3.55. The van der Waals surface area contributed by atoms with E-state index < -0.39 is 0 Å². The second-order valence-corrected chi connectivity index (χ2v) is 6.43. The molecular weight excluding hydrogens is 276 g/mol. The molecule has 0 bridgehead atoms. The van der Waals surface area contributed by atoms with Gasteiger partial charge in [-0.05, 0) is 67.2 Å². The minimum Gasteiger partial charge on any atom is -0.303 e. The molecule has 17 heavy (non-hydrogen) atoms. The van der Waals surface area contributed by atoms with Crippen LogP contribution in [-0.2, 0) is 4.79 Å². The molecule has 2 fully saturated rings. The lowest BCUT2D eigenvalue weighted by atomic mass is 9.63. The van der Waals surface area contributed by atoms with Crippen LogP contribution in [0.15, 0.2) is 10.6 Å². The van der Waals surface area contributed by atoms with Gasteiger partial charge < -0.3 is 4.79 Å². The Morgan fingerprint density at radius 3 is 3.00 bits per heavy atom. The molecule has 0 aromatic carbocycles. The first kappa shape index (κ1) is 13.3. The van der Waals surface area contributed by atoms with E-state index in [1.165, 1.54) is 38.5 Å². The van der Waals surface area contributed by atoms with Gasteiger partial charge in [-0.2, -0.15) is 0 Å². The van der Waals surface area contributed by atoms with E-state index in [0.717, 1.165) is 31.0 Å². The Hall–Kier alpha value is -0.110. The van der Waals surface area contributed by atoms with Crippen molar-refractivity contribution < 1.29 is 4.79 Å². The number of rotatable bonds is 4. The summed E-state index contributed by atoms with van der Waals surface area (Å²) in [5.41, 5.74) is 2.15. The lowest BCUT2D eigenvalue weighted by molar-refractivity contribution is -0.108. The summed E-state index contributed by atoms with van der Waals surface area (Å²) in [6.45, 7) is 2.49. The van der Waals surface area contributed by atoms with Crippen LogP contribution in [0.25, 0.3) is 0 Å². The highest BCUT2D eigenvalue weighted by Crippen LogP contribution is 2.58. The maximum absolute atomic E-state index is 10.4. The van der Waals surface area contributed by atoms with E-state index in [2.05, 4.69) is 27.8 Å². The van der Waals surface area contributed by atoms with E-state index in [4.69, 9.17) is 0 Å². The number of unbranched alkanes of at least 4 members (excludes halogenated alkanes) is 1. The van der Waals surface area contributed by atoms with E-state index in [-0.39, 0.29) is 0 Å². The van der Waals surface area contributed by atoms with E-state index in [1.54, 1.807) is 5.57 Å². The Balaban J connectivity index is 2.04. The molecule has 96 valence electrons. The summed E-state index contributed by atoms with van der Waals surface area (Å²) in [6, 6.07) is 0. The summed E-state index contributed by atoms with van der Waals surface area (Å²) in [7, 11) is 0. The largest absolute Gasteiger partial charge is 0.303 e. The van der Waals surface area contributed by atoms with Crippen LogP contribution in [0.2, 0.25) is 0 Å². The lowest BCUT2D eigenvalue weighted by Gasteiger charge is -2.42. The van der Waals surface area contributed by atoms with Gasteiger partial charge in [0.15, 0.2) is 0 Å². The van der Waals surface area contributed by atoms with Gasteiger partial charge in [-0.15, -0.1) is 0 Å². The van der Waals surface area contributed by atoms with Crippen LogP contribution in [-0.4, -0.2) is 6.29 Å². The van der Waals surface area contributed by atoms with E-state index in [9.17, 15) is 4.79 Å². The highest BCUT2D eigenvalue weighted by Gasteiger charge is 2.48. The third-order valence-electron chi connectivity index (χ3n) is 5.18. The molecule has 1 nitrogen and oxygen atoms in total. The van der Waals surface area contributed by atoms with Crippen LogP contribution in [0.5, 0.6) is 0 Å². The van der Waals surface area contributed by atoms with E-state index >= 15 is 0 Å². The van der Waals surface area contributed by atoms with Crippen molar-refractivity contribution in [2.75, 3.05) is 0 Å². The minimum atomic E-state index is 0.515. The van der Waals surface area contributed by atoms with Crippen molar-refractivity contribution in [2.24, 2.45) is 17.3 Å². The predicted molar refractivity (Wildman–Crippen MR) is 75.1 cm³/mol. The van der Waals surface area contributed by atoms with Crippen LogP contribution in [0.3, 0.4) is 0 Å². The summed E-state index contributed by atoms with van der Waals surface area (Å²) in [5.74, 6) is 1.65. The van der Waals surface area contributed by atoms with Crippen molar-refractivity contribution in [2.45, 2.75) is 58.3 Å². The molecule has 0 aliphatic heterocycles. The number of hydrogen-bond donors (Lipinski definition) is 0. The second-order valence-electron chi connectivity index (χ2n) is 5.97. The van der Waals surface area contributed by atoms with Crippen molar-refractivity contribution in [1.29, 1.82) is 0 Å². The average molecular weight is 299 g/mol. The highest BCUT2D eigenvalue weighted by molar-refractivity contribution is 9.11. The molecule has 3 atom stereocenters. The van der Waals surface area contributed by atoms with Crippen LogP contribution in [0.1, 0.15) is 58.3 Å². The van der Waals surface area contributed by atoms with Crippen molar-refractivity contribution in [1.82, 2.24) is 0 Å². The van der Waals surface area contributed by atoms with E-state index in [1.807, 2.05) is 0 Å². The first-order valence-electron chi connectivity index (χ1n) is 6.95. The number of hydrogen-bond acceptors (Lipinski definition) is 1. The Morgan fingerprint density at radius 1 is 1.47 bits per heavy atom. The number of fused-ring (bicyclic) bond motifs is 1. The SMILES string of the molecule is CC12CCC/C(=C\Br)C1CCC2CCCC=O. The molecule has 0 N–H and O–H groups in total. The first-order valence-corrected chi connectivity index (χ1v) is 7.86. The van der Waals surface area contributed by atoms with Crippen LogP contribution in [0, 0.1) is 17.3 Å². The number of carbonyl (C=O) groups excluding carboxylic acids is 1. The Kier molecular flexibility index (Phi) is 4.46. The zero-order valence-electron chi connectivity index (χ0n) is 10.8. The van der Waals surface area contributed by atoms with Gasteiger partial charge in [0, 0.05) is 6.42 Å². The molecule has 2 saturated carbocycles. The molecule has 2 heteroatoms. The number of allylic oxidation sites excluding steroid dienone is 1. The van der Waals surface area contributed by atoms with Crippen molar-refractivity contribution in [3.63, 3.8) is 0 Å². The molecular formula is C15H23BrO. The summed E-state index contributed by atoms with van der Waals surface area (Å²) < 4.78 is 0. The topological polar surface area (TPSA) is 17.1 Å². The van der Waals surface area contributed by atoms with Crippen LogP contribution >= 0.6 is 15.9 Å². The van der Waals surface area contributed by atoms with Crippen molar-refractivity contribution in [3.05, 3.63) is 10.6 Å². The molecule has 2 aliphatic rings. The fraction of sp³-hybridized carbons (Fsp3) is 0.800. The fourth-order valence-electron chi connectivity index (χ4n) is 4.20. The van der Waals surface area contributed by atoms with Gasteiger partial charge in [0.05, 0.1) is 0 Å². The van der Waals surface area contributed by atoms with Gasteiger partial charge in [-0.25, -0.2) is 0 Å². The van der Waals surface area contributed by atoms with E-state index in [0.29, 0.717) is 5.41 Å². The Bertz CT molecular complexity index is 310. The molecule has 0 saturated heterocycles. The molecule has 0 aromatic heterocycles.